The van der Waals surface area contributed by atoms with Crippen LogP contribution in [0.4, 0.5) is 11.4 Å². The Bertz CT molecular complexity index is 796. The molecule has 0 atom stereocenters. The minimum absolute atomic E-state index is 0.0144. The zero-order chi connectivity index (χ0) is 19.2. The third kappa shape index (κ3) is 5.37. The lowest BCUT2D eigenvalue weighted by Crippen LogP contribution is -2.49. The molecule has 1 aliphatic rings. The Morgan fingerprint density at radius 2 is 1.70 bits per heavy atom. The molecule has 142 valence electrons. The van der Waals surface area contributed by atoms with Crippen LogP contribution >= 0.6 is 11.6 Å². The number of hydrogen-bond acceptors (Lipinski definition) is 3. The number of halogens is 1. The van der Waals surface area contributed by atoms with Crippen LogP contribution in [-0.2, 0) is 4.79 Å². The van der Waals surface area contributed by atoms with Crippen molar-refractivity contribution in [2.45, 2.75) is 6.92 Å². The van der Waals surface area contributed by atoms with Gasteiger partial charge < -0.3 is 20.9 Å². The van der Waals surface area contributed by atoms with E-state index in [-0.39, 0.29) is 18.4 Å². The lowest BCUT2D eigenvalue weighted by atomic mass is 10.2. The standard InChI is InChI=1S/C20H24ClN5O/c1-15-2-6-17(7-3-15)24-20(22)23-14-19(27)26-12-10-25(11-13-26)18-8-4-16(21)5-9-18/h2-9H,10-14H2,1H3,(H3,22,23,24). The molecular weight excluding hydrogens is 362 g/mol. The second-order valence-electron chi connectivity index (χ2n) is 6.54. The summed E-state index contributed by atoms with van der Waals surface area (Å²) < 4.78 is 0. The lowest BCUT2D eigenvalue weighted by Gasteiger charge is -2.36. The summed E-state index contributed by atoms with van der Waals surface area (Å²) in [5.41, 5.74) is 9.03. The van der Waals surface area contributed by atoms with Crippen molar-refractivity contribution in [3.8, 4) is 0 Å². The Morgan fingerprint density at radius 3 is 2.33 bits per heavy atom. The highest BCUT2D eigenvalue weighted by Gasteiger charge is 2.21. The van der Waals surface area contributed by atoms with Gasteiger partial charge in [0.2, 0.25) is 5.91 Å². The van der Waals surface area contributed by atoms with E-state index in [9.17, 15) is 4.79 Å². The van der Waals surface area contributed by atoms with E-state index in [4.69, 9.17) is 17.3 Å². The van der Waals surface area contributed by atoms with Gasteiger partial charge in [-0.15, -0.1) is 0 Å². The first-order valence-electron chi connectivity index (χ1n) is 8.93. The van der Waals surface area contributed by atoms with Gasteiger partial charge in [0, 0.05) is 42.6 Å². The zero-order valence-corrected chi connectivity index (χ0v) is 16.1. The highest BCUT2D eigenvalue weighted by Crippen LogP contribution is 2.19. The summed E-state index contributed by atoms with van der Waals surface area (Å²) in [5, 5.41) is 3.72. The number of benzene rings is 2. The van der Waals surface area contributed by atoms with Crippen LogP contribution in [0.2, 0.25) is 5.02 Å². The van der Waals surface area contributed by atoms with Crippen LogP contribution in [0, 0.1) is 6.92 Å². The number of nitrogens with two attached hydrogens (primary N) is 1. The molecule has 1 aliphatic heterocycles. The fourth-order valence-corrected chi connectivity index (χ4v) is 3.07. The van der Waals surface area contributed by atoms with Crippen molar-refractivity contribution in [1.82, 2.24) is 4.90 Å². The van der Waals surface area contributed by atoms with E-state index in [1.807, 2.05) is 60.4 Å². The Hall–Kier alpha value is -2.73. The number of hydrogen-bond donors (Lipinski definition) is 2. The average molecular weight is 386 g/mol. The molecule has 3 rings (SSSR count). The number of anilines is 2. The molecule has 0 unspecified atom stereocenters. The number of amides is 1. The van der Waals surface area contributed by atoms with Crippen molar-refractivity contribution < 1.29 is 4.79 Å². The number of nitrogens with one attached hydrogen (secondary N) is 1. The summed E-state index contributed by atoms with van der Waals surface area (Å²) >= 11 is 5.93. The van der Waals surface area contributed by atoms with E-state index >= 15 is 0 Å². The van der Waals surface area contributed by atoms with Gasteiger partial charge in [-0.25, -0.2) is 4.99 Å². The Labute approximate surface area is 164 Å². The maximum absolute atomic E-state index is 12.4. The maximum Gasteiger partial charge on any atom is 0.244 e. The SMILES string of the molecule is Cc1ccc(NC(N)=NCC(=O)N2CCN(c3ccc(Cl)cc3)CC2)cc1. The van der Waals surface area contributed by atoms with E-state index in [1.165, 1.54) is 5.56 Å². The highest BCUT2D eigenvalue weighted by atomic mass is 35.5. The molecule has 0 bridgehead atoms. The molecule has 1 heterocycles. The number of rotatable bonds is 4. The summed E-state index contributed by atoms with van der Waals surface area (Å²) in [5.74, 6) is 0.228. The lowest BCUT2D eigenvalue weighted by molar-refractivity contribution is -0.129. The Morgan fingerprint density at radius 1 is 1.07 bits per heavy atom. The fraction of sp³-hybridized carbons (Fsp3) is 0.300. The predicted molar refractivity (Wildman–Crippen MR) is 112 cm³/mol. The van der Waals surface area contributed by atoms with Crippen LogP contribution in [0.25, 0.3) is 0 Å². The van der Waals surface area contributed by atoms with Crippen molar-refractivity contribution in [2.24, 2.45) is 10.7 Å². The maximum atomic E-state index is 12.4. The second kappa shape index (κ2) is 8.77. The number of carbonyl (C=O) groups is 1. The topological polar surface area (TPSA) is 74.0 Å². The number of aryl methyl sites for hydroxylation is 1. The smallest absolute Gasteiger partial charge is 0.244 e. The van der Waals surface area contributed by atoms with Gasteiger partial charge in [-0.05, 0) is 43.3 Å². The molecule has 1 amide bonds. The van der Waals surface area contributed by atoms with Gasteiger partial charge in [0.05, 0.1) is 0 Å². The predicted octanol–water partition coefficient (Wildman–Crippen LogP) is 2.72. The van der Waals surface area contributed by atoms with Gasteiger partial charge in [0.1, 0.15) is 6.54 Å². The molecular formula is C20H24ClN5O. The molecule has 7 heteroatoms. The van der Waals surface area contributed by atoms with Crippen molar-refractivity contribution in [3.05, 3.63) is 59.1 Å². The Kier molecular flexibility index (Phi) is 6.19. The van der Waals surface area contributed by atoms with Gasteiger partial charge >= 0.3 is 0 Å². The Balaban J connectivity index is 1.47. The van der Waals surface area contributed by atoms with Crippen molar-refractivity contribution in [2.75, 3.05) is 42.9 Å². The van der Waals surface area contributed by atoms with Crippen LogP contribution < -0.4 is 16.0 Å². The third-order valence-electron chi connectivity index (χ3n) is 4.53. The highest BCUT2D eigenvalue weighted by molar-refractivity contribution is 6.30. The first-order chi connectivity index (χ1) is 13.0. The van der Waals surface area contributed by atoms with Gasteiger partial charge in [-0.3, -0.25) is 4.79 Å². The van der Waals surface area contributed by atoms with Crippen LogP contribution in [0.3, 0.4) is 0 Å². The van der Waals surface area contributed by atoms with E-state index in [1.54, 1.807) is 0 Å². The molecule has 0 aliphatic carbocycles. The molecule has 0 saturated carbocycles. The van der Waals surface area contributed by atoms with E-state index in [0.29, 0.717) is 13.1 Å². The van der Waals surface area contributed by atoms with Crippen LogP contribution in [0.15, 0.2) is 53.5 Å². The first kappa shape index (κ1) is 19.0. The molecule has 0 radical (unpaired) electrons. The van der Waals surface area contributed by atoms with Crippen molar-refractivity contribution in [1.29, 1.82) is 0 Å². The third-order valence-corrected chi connectivity index (χ3v) is 4.78. The number of piperazine rings is 1. The van der Waals surface area contributed by atoms with Gasteiger partial charge in [-0.2, -0.15) is 0 Å². The number of aliphatic imine (C=N–C) groups is 1. The minimum atomic E-state index is -0.0144. The van der Waals surface area contributed by atoms with Gasteiger partial charge in [0.15, 0.2) is 5.96 Å². The van der Waals surface area contributed by atoms with Crippen LogP contribution in [0.5, 0.6) is 0 Å². The number of carbonyl (C=O) groups excluding carboxylic acids is 1. The van der Waals surface area contributed by atoms with Gasteiger partial charge in [0.25, 0.3) is 0 Å². The number of nitrogens with zero attached hydrogens (tertiary/aromatic N) is 3. The van der Waals surface area contributed by atoms with E-state index in [2.05, 4.69) is 15.2 Å². The molecule has 2 aromatic carbocycles. The monoisotopic (exact) mass is 385 g/mol. The van der Waals surface area contributed by atoms with Crippen molar-refractivity contribution in [3.63, 3.8) is 0 Å². The minimum Gasteiger partial charge on any atom is -0.370 e. The quantitative estimate of drug-likeness (QED) is 0.627. The molecule has 27 heavy (non-hydrogen) atoms. The zero-order valence-electron chi connectivity index (χ0n) is 15.4. The summed E-state index contributed by atoms with van der Waals surface area (Å²) in [6.07, 6.45) is 0. The molecule has 6 nitrogen and oxygen atoms in total. The summed E-state index contributed by atoms with van der Waals surface area (Å²) in [6.45, 7) is 4.98. The molecule has 1 fully saturated rings. The van der Waals surface area contributed by atoms with E-state index < -0.39 is 0 Å². The van der Waals surface area contributed by atoms with Gasteiger partial charge in [-0.1, -0.05) is 29.3 Å². The summed E-state index contributed by atoms with van der Waals surface area (Å²) in [4.78, 5) is 20.6. The molecule has 1 saturated heterocycles. The van der Waals surface area contributed by atoms with Crippen LogP contribution in [-0.4, -0.2) is 49.5 Å². The molecule has 0 aromatic heterocycles. The molecule has 3 N–H and O–H groups in total. The average Bonchev–Trinajstić information content (AvgIpc) is 2.69. The van der Waals surface area contributed by atoms with E-state index in [0.717, 1.165) is 29.5 Å². The normalized spacial score (nSPS) is 15.0. The number of guanidine groups is 1. The van der Waals surface area contributed by atoms with Crippen molar-refractivity contribution >= 4 is 34.8 Å². The van der Waals surface area contributed by atoms with Crippen LogP contribution in [0.1, 0.15) is 5.56 Å². The summed E-state index contributed by atoms with van der Waals surface area (Å²) in [6, 6.07) is 15.6. The first-order valence-corrected chi connectivity index (χ1v) is 9.31. The molecule has 0 spiro atoms. The fourth-order valence-electron chi connectivity index (χ4n) is 2.94. The second-order valence-corrected chi connectivity index (χ2v) is 6.97. The largest absolute Gasteiger partial charge is 0.370 e. The summed E-state index contributed by atoms with van der Waals surface area (Å²) in [7, 11) is 0. The molecule has 2 aromatic rings.